The molecule has 1 heterocycles. The molecule has 0 aliphatic carbocycles. The molecule has 0 aromatic carbocycles. The van der Waals surface area contributed by atoms with Gasteiger partial charge in [0.1, 0.15) is 12.4 Å². The molecule has 72 valence electrons. The third-order valence-corrected chi connectivity index (χ3v) is 1.37. The van der Waals surface area contributed by atoms with Gasteiger partial charge in [-0.1, -0.05) is 0 Å². The first kappa shape index (κ1) is 9.85. The van der Waals surface area contributed by atoms with Crippen molar-refractivity contribution in [3.05, 3.63) is 24.0 Å². The Bertz CT molecular complexity index is 268. The number of hydrogen-bond acceptors (Lipinski definition) is 3. The summed E-state index contributed by atoms with van der Waals surface area (Å²) in [6.07, 6.45) is -0.988. The zero-order valence-electron chi connectivity index (χ0n) is 6.91. The molecule has 1 rings (SSSR count). The van der Waals surface area contributed by atoms with Crippen LogP contribution in [-0.2, 0) is 6.54 Å². The predicted molar refractivity (Wildman–Crippen MR) is 43.6 cm³/mol. The van der Waals surface area contributed by atoms with Crippen molar-refractivity contribution in [2.75, 3.05) is 6.61 Å². The van der Waals surface area contributed by atoms with Crippen LogP contribution in [0.4, 0.5) is 8.78 Å². The maximum atomic E-state index is 11.7. The maximum absolute atomic E-state index is 11.7. The van der Waals surface area contributed by atoms with Crippen molar-refractivity contribution in [3.63, 3.8) is 0 Å². The van der Waals surface area contributed by atoms with Gasteiger partial charge in [-0.15, -0.1) is 0 Å². The largest absolute Gasteiger partial charge is 0.488 e. The van der Waals surface area contributed by atoms with E-state index in [1.54, 1.807) is 6.07 Å². The van der Waals surface area contributed by atoms with E-state index in [1.807, 2.05) is 0 Å². The number of hydrogen-bond donors (Lipinski definition) is 1. The topological polar surface area (TPSA) is 48.1 Å². The van der Waals surface area contributed by atoms with Crippen molar-refractivity contribution in [2.45, 2.75) is 13.0 Å². The smallest absolute Gasteiger partial charge is 0.272 e. The van der Waals surface area contributed by atoms with E-state index in [-0.39, 0.29) is 6.54 Å². The maximum Gasteiger partial charge on any atom is 0.272 e. The van der Waals surface area contributed by atoms with Crippen LogP contribution in [0.3, 0.4) is 0 Å². The highest BCUT2D eigenvalue weighted by Crippen LogP contribution is 2.11. The standard InChI is InChI=1S/C8H10F2N2O/c9-8(10)5-13-7-1-2-12-6(3-7)4-11/h1-3,8H,4-5,11H2. The van der Waals surface area contributed by atoms with Crippen LogP contribution < -0.4 is 10.5 Å². The fourth-order valence-corrected chi connectivity index (χ4v) is 0.817. The summed E-state index contributed by atoms with van der Waals surface area (Å²) in [5, 5.41) is 0. The fraction of sp³-hybridized carbons (Fsp3) is 0.375. The molecule has 0 radical (unpaired) electrons. The molecule has 0 saturated heterocycles. The molecule has 0 unspecified atom stereocenters. The van der Waals surface area contributed by atoms with Crippen molar-refractivity contribution >= 4 is 0 Å². The van der Waals surface area contributed by atoms with E-state index >= 15 is 0 Å². The first-order valence-electron chi connectivity index (χ1n) is 3.78. The number of alkyl halides is 2. The van der Waals surface area contributed by atoms with Crippen molar-refractivity contribution < 1.29 is 13.5 Å². The van der Waals surface area contributed by atoms with Gasteiger partial charge in [-0.25, -0.2) is 8.78 Å². The Morgan fingerprint density at radius 3 is 2.92 bits per heavy atom. The van der Waals surface area contributed by atoms with Gasteiger partial charge in [-0.2, -0.15) is 0 Å². The number of pyridine rings is 1. The SMILES string of the molecule is NCc1cc(OCC(F)F)ccn1. The lowest BCUT2D eigenvalue weighted by Crippen LogP contribution is -2.07. The molecule has 13 heavy (non-hydrogen) atoms. The van der Waals surface area contributed by atoms with E-state index in [9.17, 15) is 8.78 Å². The Balaban J connectivity index is 2.56. The second-order valence-corrected chi connectivity index (χ2v) is 2.39. The van der Waals surface area contributed by atoms with Gasteiger partial charge in [0.25, 0.3) is 6.43 Å². The van der Waals surface area contributed by atoms with Gasteiger partial charge in [-0.3, -0.25) is 4.98 Å². The van der Waals surface area contributed by atoms with Crippen molar-refractivity contribution in [1.82, 2.24) is 4.98 Å². The zero-order chi connectivity index (χ0) is 9.68. The molecule has 0 fully saturated rings. The van der Waals surface area contributed by atoms with Gasteiger partial charge in [0.05, 0.1) is 5.69 Å². The first-order valence-corrected chi connectivity index (χ1v) is 3.78. The monoisotopic (exact) mass is 188 g/mol. The van der Waals surface area contributed by atoms with Crippen LogP contribution in [0.25, 0.3) is 0 Å². The molecule has 0 aliphatic rings. The predicted octanol–water partition coefficient (Wildman–Crippen LogP) is 1.18. The highest BCUT2D eigenvalue weighted by Gasteiger charge is 2.03. The molecule has 1 aromatic heterocycles. The minimum absolute atomic E-state index is 0.270. The fourth-order valence-electron chi connectivity index (χ4n) is 0.817. The Morgan fingerprint density at radius 1 is 1.54 bits per heavy atom. The molecule has 5 heteroatoms. The summed E-state index contributed by atoms with van der Waals surface area (Å²) in [5.41, 5.74) is 5.93. The van der Waals surface area contributed by atoms with Crippen LogP contribution in [0.1, 0.15) is 5.69 Å². The van der Waals surface area contributed by atoms with Crippen molar-refractivity contribution in [2.24, 2.45) is 5.73 Å². The lowest BCUT2D eigenvalue weighted by Gasteiger charge is -2.05. The van der Waals surface area contributed by atoms with E-state index in [1.165, 1.54) is 12.3 Å². The van der Waals surface area contributed by atoms with Crippen molar-refractivity contribution in [1.29, 1.82) is 0 Å². The lowest BCUT2D eigenvalue weighted by molar-refractivity contribution is 0.0818. The Kier molecular flexibility index (Phi) is 3.57. The summed E-state index contributed by atoms with van der Waals surface area (Å²) in [6, 6.07) is 3.06. The molecule has 3 nitrogen and oxygen atoms in total. The summed E-state index contributed by atoms with van der Waals surface area (Å²) >= 11 is 0. The Labute approximate surface area is 74.5 Å². The minimum Gasteiger partial charge on any atom is -0.488 e. The Hall–Kier alpha value is -1.23. The van der Waals surface area contributed by atoms with Crippen LogP contribution >= 0.6 is 0 Å². The van der Waals surface area contributed by atoms with Gasteiger partial charge in [0.2, 0.25) is 0 Å². The molecule has 1 aromatic rings. The molecular formula is C8H10F2N2O. The van der Waals surface area contributed by atoms with Crippen LogP contribution in [0.15, 0.2) is 18.3 Å². The van der Waals surface area contributed by atoms with Crippen LogP contribution in [-0.4, -0.2) is 18.0 Å². The highest BCUT2D eigenvalue weighted by molar-refractivity contribution is 5.22. The van der Waals surface area contributed by atoms with E-state index in [2.05, 4.69) is 4.98 Å². The molecular weight excluding hydrogens is 178 g/mol. The molecule has 0 bridgehead atoms. The first-order chi connectivity index (χ1) is 6.22. The molecule has 0 spiro atoms. The third kappa shape index (κ3) is 3.33. The van der Waals surface area contributed by atoms with Gasteiger partial charge in [0, 0.05) is 18.8 Å². The number of aromatic nitrogens is 1. The summed E-state index contributed by atoms with van der Waals surface area (Å²) in [6.45, 7) is -0.333. The summed E-state index contributed by atoms with van der Waals surface area (Å²) in [7, 11) is 0. The van der Waals surface area contributed by atoms with Gasteiger partial charge < -0.3 is 10.5 Å². The molecule has 0 amide bonds. The summed E-state index contributed by atoms with van der Waals surface area (Å²) < 4.78 is 28.2. The second-order valence-electron chi connectivity index (χ2n) is 2.39. The number of rotatable bonds is 4. The minimum atomic E-state index is -2.46. The van der Waals surface area contributed by atoms with E-state index in [4.69, 9.17) is 10.5 Å². The van der Waals surface area contributed by atoms with E-state index < -0.39 is 13.0 Å². The van der Waals surface area contributed by atoms with Crippen LogP contribution in [0.2, 0.25) is 0 Å². The lowest BCUT2D eigenvalue weighted by atomic mass is 10.3. The quantitative estimate of drug-likeness (QED) is 0.771. The third-order valence-electron chi connectivity index (χ3n) is 1.37. The normalized spacial score (nSPS) is 10.5. The summed E-state index contributed by atoms with van der Waals surface area (Å²) in [5.74, 6) is 0.371. The van der Waals surface area contributed by atoms with Gasteiger partial charge in [-0.05, 0) is 6.07 Å². The number of nitrogens with two attached hydrogens (primary N) is 1. The molecule has 0 saturated carbocycles. The van der Waals surface area contributed by atoms with E-state index in [0.29, 0.717) is 11.4 Å². The van der Waals surface area contributed by atoms with Crippen LogP contribution in [0.5, 0.6) is 5.75 Å². The average molecular weight is 188 g/mol. The number of halogens is 2. The Morgan fingerprint density at radius 2 is 2.31 bits per heavy atom. The van der Waals surface area contributed by atoms with E-state index in [0.717, 1.165) is 0 Å². The molecule has 0 atom stereocenters. The average Bonchev–Trinajstić information content (AvgIpc) is 2.15. The van der Waals surface area contributed by atoms with Gasteiger partial charge in [0.15, 0.2) is 0 Å². The van der Waals surface area contributed by atoms with Crippen molar-refractivity contribution in [3.8, 4) is 5.75 Å². The summed E-state index contributed by atoms with van der Waals surface area (Å²) in [4.78, 5) is 3.89. The number of nitrogens with zero attached hydrogens (tertiary/aromatic N) is 1. The highest BCUT2D eigenvalue weighted by atomic mass is 19.3. The van der Waals surface area contributed by atoms with Gasteiger partial charge >= 0.3 is 0 Å². The molecule has 2 N–H and O–H groups in total. The van der Waals surface area contributed by atoms with Crippen LogP contribution in [0, 0.1) is 0 Å². The second kappa shape index (κ2) is 4.71. The molecule has 0 aliphatic heterocycles. The zero-order valence-corrected chi connectivity index (χ0v) is 6.91. The number of ether oxygens (including phenoxy) is 1.